The Bertz CT molecular complexity index is 644. The minimum Gasteiger partial charge on any atom is -0.495 e. The number of rotatable bonds is 4. The fourth-order valence-electron chi connectivity index (χ4n) is 2.16. The second kappa shape index (κ2) is 6.25. The molecule has 116 valence electrons. The summed E-state index contributed by atoms with van der Waals surface area (Å²) in [6, 6.07) is 3.86. The van der Waals surface area contributed by atoms with Crippen LogP contribution in [0.3, 0.4) is 0 Å². The van der Waals surface area contributed by atoms with E-state index in [1.807, 2.05) is 6.92 Å². The number of carbonyl (C=O) groups is 1. The van der Waals surface area contributed by atoms with Crippen LogP contribution in [-0.2, 0) is 10.0 Å². The number of thioether (sulfide) groups is 1. The molecule has 0 aliphatic carbocycles. The third-order valence-corrected chi connectivity index (χ3v) is 6.25. The van der Waals surface area contributed by atoms with Crippen LogP contribution >= 0.6 is 11.8 Å². The van der Waals surface area contributed by atoms with Crippen molar-refractivity contribution in [1.29, 1.82) is 0 Å². The number of aromatic carboxylic acids is 1. The number of benzene rings is 1. The van der Waals surface area contributed by atoms with Crippen LogP contribution in [0, 0.1) is 0 Å². The van der Waals surface area contributed by atoms with Gasteiger partial charge in [-0.3, -0.25) is 0 Å². The average molecular weight is 331 g/mol. The summed E-state index contributed by atoms with van der Waals surface area (Å²) in [6.07, 6.45) is 0. The van der Waals surface area contributed by atoms with E-state index in [1.54, 1.807) is 11.8 Å². The second-order valence-electron chi connectivity index (χ2n) is 4.72. The Labute approximate surface area is 128 Å². The molecule has 1 heterocycles. The number of hydrogen-bond acceptors (Lipinski definition) is 5. The first-order valence-corrected chi connectivity index (χ1v) is 8.88. The van der Waals surface area contributed by atoms with Crippen molar-refractivity contribution in [3.05, 3.63) is 23.8 Å². The third kappa shape index (κ3) is 3.33. The Kier molecular flexibility index (Phi) is 4.80. The number of methoxy groups -OCH3 is 1. The lowest BCUT2D eigenvalue weighted by molar-refractivity contribution is 0.0696. The lowest BCUT2D eigenvalue weighted by Crippen LogP contribution is -2.41. The Morgan fingerprint density at radius 3 is 2.76 bits per heavy atom. The van der Waals surface area contributed by atoms with Crippen LogP contribution < -0.4 is 4.74 Å². The zero-order chi connectivity index (χ0) is 15.6. The summed E-state index contributed by atoms with van der Waals surface area (Å²) in [5.41, 5.74) is -0.0752. The van der Waals surface area contributed by atoms with E-state index < -0.39 is 16.0 Å². The van der Waals surface area contributed by atoms with Crippen LogP contribution in [0.4, 0.5) is 0 Å². The predicted octanol–water partition coefficient (Wildman–Crippen LogP) is 1.52. The van der Waals surface area contributed by atoms with Gasteiger partial charge in [-0.2, -0.15) is 16.1 Å². The highest BCUT2D eigenvalue weighted by Gasteiger charge is 2.31. The van der Waals surface area contributed by atoms with Crippen LogP contribution in [0.5, 0.6) is 5.75 Å². The molecule has 1 aliphatic rings. The number of sulfonamides is 1. The number of nitrogens with zero attached hydrogens (tertiary/aromatic N) is 1. The largest absolute Gasteiger partial charge is 0.495 e. The number of ether oxygens (including phenoxy) is 1. The van der Waals surface area contributed by atoms with Crippen LogP contribution in [-0.4, -0.2) is 55.0 Å². The molecule has 8 heteroatoms. The molecule has 0 radical (unpaired) electrons. The van der Waals surface area contributed by atoms with Gasteiger partial charge in [0.1, 0.15) is 10.6 Å². The molecule has 6 nitrogen and oxygen atoms in total. The molecule has 2 rings (SSSR count). The van der Waals surface area contributed by atoms with Crippen molar-refractivity contribution >= 4 is 27.8 Å². The Morgan fingerprint density at radius 2 is 2.19 bits per heavy atom. The molecule has 0 aromatic heterocycles. The minimum absolute atomic E-state index is 0.0752. The number of carboxylic acid groups (broad SMARTS) is 1. The standard InChI is InChI=1S/C13H17NO5S2/c1-9-8-14(5-6-20-9)21(17,18)12-7-10(13(15)16)3-4-11(12)19-2/h3-4,7,9H,5-6,8H2,1-2H3,(H,15,16). The van der Waals surface area contributed by atoms with Crippen LogP contribution in [0.25, 0.3) is 0 Å². The quantitative estimate of drug-likeness (QED) is 0.900. The molecule has 1 saturated heterocycles. The van der Waals surface area contributed by atoms with Crippen molar-refractivity contribution in [3.63, 3.8) is 0 Å². The lowest BCUT2D eigenvalue weighted by Gasteiger charge is -2.30. The van der Waals surface area contributed by atoms with E-state index in [9.17, 15) is 13.2 Å². The van der Waals surface area contributed by atoms with Gasteiger partial charge in [0, 0.05) is 24.1 Å². The monoisotopic (exact) mass is 331 g/mol. The fourth-order valence-corrected chi connectivity index (χ4v) is 5.09. The van der Waals surface area contributed by atoms with Crippen LogP contribution in [0.15, 0.2) is 23.1 Å². The van der Waals surface area contributed by atoms with Crippen molar-refractivity contribution in [2.24, 2.45) is 0 Å². The first kappa shape index (κ1) is 16.1. The van der Waals surface area contributed by atoms with Gasteiger partial charge in [0.05, 0.1) is 12.7 Å². The molecular formula is C13H17NO5S2. The highest BCUT2D eigenvalue weighted by molar-refractivity contribution is 8.00. The molecular weight excluding hydrogens is 314 g/mol. The van der Waals surface area contributed by atoms with Gasteiger partial charge in [0.15, 0.2) is 0 Å². The average Bonchev–Trinajstić information content (AvgIpc) is 2.46. The normalized spacial score (nSPS) is 20.2. The van der Waals surface area contributed by atoms with Gasteiger partial charge in [0.25, 0.3) is 0 Å². The van der Waals surface area contributed by atoms with Crippen molar-refractivity contribution in [1.82, 2.24) is 4.31 Å². The Morgan fingerprint density at radius 1 is 1.48 bits per heavy atom. The van der Waals surface area contributed by atoms with E-state index in [0.717, 1.165) is 11.8 Å². The molecule has 1 aliphatic heterocycles. The Balaban J connectivity index is 2.47. The molecule has 0 spiro atoms. The summed E-state index contributed by atoms with van der Waals surface area (Å²) >= 11 is 1.72. The molecule has 0 saturated carbocycles. The maximum atomic E-state index is 12.7. The highest BCUT2D eigenvalue weighted by Crippen LogP contribution is 2.30. The summed E-state index contributed by atoms with van der Waals surface area (Å²) in [5, 5.41) is 9.25. The molecule has 1 N–H and O–H groups in total. The zero-order valence-electron chi connectivity index (χ0n) is 11.8. The van der Waals surface area contributed by atoms with Crippen molar-refractivity contribution < 1.29 is 23.1 Å². The van der Waals surface area contributed by atoms with Gasteiger partial charge in [-0.1, -0.05) is 6.92 Å². The fraction of sp³-hybridized carbons (Fsp3) is 0.462. The summed E-state index contributed by atoms with van der Waals surface area (Å²) in [7, 11) is -2.40. The lowest BCUT2D eigenvalue weighted by atomic mass is 10.2. The minimum atomic E-state index is -3.76. The molecule has 1 fully saturated rings. The topological polar surface area (TPSA) is 83.9 Å². The van der Waals surface area contributed by atoms with Crippen molar-refractivity contribution in [2.45, 2.75) is 17.1 Å². The maximum Gasteiger partial charge on any atom is 0.335 e. The van der Waals surface area contributed by atoms with E-state index in [-0.39, 0.29) is 21.5 Å². The van der Waals surface area contributed by atoms with E-state index in [1.165, 1.54) is 23.5 Å². The predicted molar refractivity (Wildman–Crippen MR) is 80.6 cm³/mol. The Hall–Kier alpha value is -1.25. The van der Waals surface area contributed by atoms with Gasteiger partial charge in [-0.05, 0) is 18.2 Å². The maximum absolute atomic E-state index is 12.7. The molecule has 1 aromatic carbocycles. The van der Waals surface area contributed by atoms with Gasteiger partial charge in [-0.15, -0.1) is 0 Å². The third-order valence-electron chi connectivity index (χ3n) is 3.23. The molecule has 0 amide bonds. The second-order valence-corrected chi connectivity index (χ2v) is 8.17. The smallest absolute Gasteiger partial charge is 0.335 e. The van der Waals surface area contributed by atoms with Crippen molar-refractivity contribution in [2.75, 3.05) is 26.0 Å². The molecule has 21 heavy (non-hydrogen) atoms. The van der Waals surface area contributed by atoms with E-state index >= 15 is 0 Å². The molecule has 1 aromatic rings. The first-order chi connectivity index (χ1) is 9.86. The zero-order valence-corrected chi connectivity index (χ0v) is 13.4. The van der Waals surface area contributed by atoms with Crippen LogP contribution in [0.2, 0.25) is 0 Å². The van der Waals surface area contributed by atoms with Gasteiger partial charge in [-0.25, -0.2) is 13.2 Å². The van der Waals surface area contributed by atoms with Gasteiger partial charge in [0.2, 0.25) is 10.0 Å². The van der Waals surface area contributed by atoms with Gasteiger partial charge < -0.3 is 9.84 Å². The summed E-state index contributed by atoms with van der Waals surface area (Å²) < 4.78 is 31.9. The SMILES string of the molecule is COc1ccc(C(=O)O)cc1S(=O)(=O)N1CCSC(C)C1. The number of hydrogen-bond donors (Lipinski definition) is 1. The molecule has 0 bridgehead atoms. The van der Waals surface area contributed by atoms with E-state index in [2.05, 4.69) is 0 Å². The number of carboxylic acids is 1. The van der Waals surface area contributed by atoms with E-state index in [0.29, 0.717) is 13.1 Å². The van der Waals surface area contributed by atoms with E-state index in [4.69, 9.17) is 9.84 Å². The highest BCUT2D eigenvalue weighted by atomic mass is 32.2. The summed E-state index contributed by atoms with van der Waals surface area (Å²) in [4.78, 5) is 11.0. The molecule has 1 atom stereocenters. The summed E-state index contributed by atoms with van der Waals surface area (Å²) in [6.45, 7) is 2.79. The molecule has 1 unspecified atom stereocenters. The van der Waals surface area contributed by atoms with Gasteiger partial charge >= 0.3 is 5.97 Å². The first-order valence-electron chi connectivity index (χ1n) is 6.39. The van der Waals surface area contributed by atoms with Crippen molar-refractivity contribution in [3.8, 4) is 5.75 Å². The summed E-state index contributed by atoms with van der Waals surface area (Å²) in [5.74, 6) is -0.288. The van der Waals surface area contributed by atoms with Crippen LogP contribution in [0.1, 0.15) is 17.3 Å².